The van der Waals surface area contributed by atoms with Crippen LogP contribution in [0.25, 0.3) is 0 Å². The van der Waals surface area contributed by atoms with Crippen molar-refractivity contribution in [1.29, 1.82) is 5.26 Å². The normalized spacial score (nSPS) is 29.1. The third-order valence-electron chi connectivity index (χ3n) is 2.73. The summed E-state index contributed by atoms with van der Waals surface area (Å²) in [7, 11) is 0. The van der Waals surface area contributed by atoms with E-state index in [1.165, 1.54) is 24.0 Å². The Bertz CT molecular complexity index is 228. The Labute approximate surface area is 68.7 Å². The number of hydrogen-bond acceptors (Lipinski definition) is 1. The Balaban J connectivity index is 2.77. The molecule has 0 spiro atoms. The second-order valence-corrected chi connectivity index (χ2v) is 3.87. The highest BCUT2D eigenvalue weighted by atomic mass is 14.4. The average molecular weight is 149 g/mol. The van der Waals surface area contributed by atoms with Crippen molar-refractivity contribution < 1.29 is 0 Å². The number of nitriles is 1. The molecule has 0 N–H and O–H groups in total. The van der Waals surface area contributed by atoms with Crippen LogP contribution in [0.1, 0.15) is 40.0 Å². The summed E-state index contributed by atoms with van der Waals surface area (Å²) in [6.07, 6.45) is 3.09. The minimum absolute atomic E-state index is 0.230. The molecule has 1 saturated carbocycles. The zero-order valence-electron chi connectivity index (χ0n) is 7.57. The topological polar surface area (TPSA) is 23.8 Å². The molecule has 0 heterocycles. The van der Waals surface area contributed by atoms with Crippen LogP contribution in [0.15, 0.2) is 11.1 Å². The molecule has 1 unspecified atom stereocenters. The van der Waals surface area contributed by atoms with E-state index in [0.29, 0.717) is 6.42 Å². The summed E-state index contributed by atoms with van der Waals surface area (Å²) >= 11 is 0. The van der Waals surface area contributed by atoms with E-state index in [-0.39, 0.29) is 5.41 Å². The van der Waals surface area contributed by atoms with Gasteiger partial charge in [0, 0.05) is 11.8 Å². The highest BCUT2D eigenvalue weighted by molar-refractivity contribution is 5.27. The molecule has 1 atom stereocenters. The maximum absolute atomic E-state index is 8.59. The lowest BCUT2D eigenvalue weighted by atomic mass is 9.63. The molecular weight excluding hydrogens is 134 g/mol. The first-order valence-electron chi connectivity index (χ1n) is 4.14. The third kappa shape index (κ3) is 1.30. The average Bonchev–Trinajstić information content (AvgIpc) is 1.85. The van der Waals surface area contributed by atoms with Gasteiger partial charge in [-0.2, -0.15) is 5.26 Å². The Kier molecular flexibility index (Phi) is 2.04. The Hall–Kier alpha value is -0.770. The van der Waals surface area contributed by atoms with Crippen LogP contribution in [0.3, 0.4) is 0 Å². The summed E-state index contributed by atoms with van der Waals surface area (Å²) in [6.45, 7) is 6.48. The molecule has 0 amide bonds. The zero-order chi connectivity index (χ0) is 8.48. The van der Waals surface area contributed by atoms with E-state index in [4.69, 9.17) is 5.26 Å². The fraction of sp³-hybridized carbons (Fsp3) is 0.700. The van der Waals surface area contributed by atoms with E-state index in [2.05, 4.69) is 26.8 Å². The van der Waals surface area contributed by atoms with Crippen molar-refractivity contribution in [2.24, 2.45) is 5.41 Å². The van der Waals surface area contributed by atoms with Crippen molar-refractivity contribution in [1.82, 2.24) is 0 Å². The summed E-state index contributed by atoms with van der Waals surface area (Å²) in [6, 6.07) is 2.26. The van der Waals surface area contributed by atoms with Crippen molar-refractivity contribution in [3.05, 3.63) is 11.1 Å². The second-order valence-electron chi connectivity index (χ2n) is 3.87. The van der Waals surface area contributed by atoms with Crippen LogP contribution in [0.5, 0.6) is 0 Å². The van der Waals surface area contributed by atoms with Crippen molar-refractivity contribution in [3.8, 4) is 6.07 Å². The molecule has 0 aliphatic heterocycles. The van der Waals surface area contributed by atoms with E-state index in [1.807, 2.05) is 0 Å². The number of rotatable bonds is 1. The lowest BCUT2D eigenvalue weighted by Crippen LogP contribution is -2.29. The highest BCUT2D eigenvalue weighted by Gasteiger charge is 2.37. The predicted octanol–water partition coefficient (Wildman–Crippen LogP) is 3.04. The van der Waals surface area contributed by atoms with Crippen LogP contribution in [0.4, 0.5) is 0 Å². The minimum atomic E-state index is 0.230. The van der Waals surface area contributed by atoms with E-state index in [9.17, 15) is 0 Å². The Morgan fingerprint density at radius 1 is 1.64 bits per heavy atom. The summed E-state index contributed by atoms with van der Waals surface area (Å²) in [5.41, 5.74) is 3.15. The molecule has 1 heteroatoms. The van der Waals surface area contributed by atoms with Crippen molar-refractivity contribution in [3.63, 3.8) is 0 Å². The molecule has 1 aliphatic rings. The zero-order valence-corrected chi connectivity index (χ0v) is 7.57. The van der Waals surface area contributed by atoms with Gasteiger partial charge in [0.2, 0.25) is 0 Å². The number of allylic oxidation sites excluding steroid dienone is 2. The summed E-state index contributed by atoms with van der Waals surface area (Å²) in [5, 5.41) is 8.59. The second kappa shape index (κ2) is 2.70. The smallest absolute Gasteiger partial charge is 0.0630 e. The first-order chi connectivity index (χ1) is 5.10. The van der Waals surface area contributed by atoms with Gasteiger partial charge in [-0.1, -0.05) is 18.1 Å². The van der Waals surface area contributed by atoms with Crippen LogP contribution < -0.4 is 0 Å². The first kappa shape index (κ1) is 8.33. The molecule has 1 aliphatic carbocycles. The van der Waals surface area contributed by atoms with Gasteiger partial charge in [0.05, 0.1) is 6.07 Å². The SMILES string of the molecule is CC(C)=C1CCC1(C)CC#N. The molecule has 11 heavy (non-hydrogen) atoms. The van der Waals surface area contributed by atoms with Gasteiger partial charge in [-0.3, -0.25) is 0 Å². The molecule has 0 aromatic heterocycles. The van der Waals surface area contributed by atoms with Gasteiger partial charge in [0.1, 0.15) is 0 Å². The summed E-state index contributed by atoms with van der Waals surface area (Å²) in [4.78, 5) is 0. The molecule has 0 saturated heterocycles. The quantitative estimate of drug-likeness (QED) is 0.526. The summed E-state index contributed by atoms with van der Waals surface area (Å²) < 4.78 is 0. The molecule has 60 valence electrons. The van der Waals surface area contributed by atoms with Crippen LogP contribution in [-0.4, -0.2) is 0 Å². The predicted molar refractivity (Wildman–Crippen MR) is 45.9 cm³/mol. The van der Waals surface area contributed by atoms with E-state index >= 15 is 0 Å². The van der Waals surface area contributed by atoms with E-state index < -0.39 is 0 Å². The van der Waals surface area contributed by atoms with Gasteiger partial charge >= 0.3 is 0 Å². The molecule has 0 bridgehead atoms. The first-order valence-corrected chi connectivity index (χ1v) is 4.14. The third-order valence-corrected chi connectivity index (χ3v) is 2.73. The van der Waals surface area contributed by atoms with Crippen LogP contribution in [-0.2, 0) is 0 Å². The standard InChI is InChI=1S/C10H15N/c1-8(2)9-4-5-10(9,3)6-7-11/h4-6H2,1-3H3. The largest absolute Gasteiger partial charge is 0.198 e. The van der Waals surface area contributed by atoms with Crippen molar-refractivity contribution in [2.75, 3.05) is 0 Å². The van der Waals surface area contributed by atoms with Crippen molar-refractivity contribution in [2.45, 2.75) is 40.0 Å². The van der Waals surface area contributed by atoms with Crippen LogP contribution >= 0.6 is 0 Å². The van der Waals surface area contributed by atoms with Crippen molar-refractivity contribution >= 4 is 0 Å². The number of hydrogen-bond donors (Lipinski definition) is 0. The molecular formula is C10H15N. The monoisotopic (exact) mass is 149 g/mol. The van der Waals surface area contributed by atoms with E-state index in [1.54, 1.807) is 0 Å². The van der Waals surface area contributed by atoms with Crippen LogP contribution in [0.2, 0.25) is 0 Å². The number of nitrogens with zero attached hydrogens (tertiary/aromatic N) is 1. The van der Waals surface area contributed by atoms with Gasteiger partial charge in [0.15, 0.2) is 0 Å². The molecule has 1 fully saturated rings. The fourth-order valence-electron chi connectivity index (χ4n) is 1.90. The van der Waals surface area contributed by atoms with Gasteiger partial charge in [0.25, 0.3) is 0 Å². The molecule has 1 nitrogen and oxygen atoms in total. The highest BCUT2D eigenvalue weighted by Crippen LogP contribution is 2.49. The van der Waals surface area contributed by atoms with Gasteiger partial charge in [-0.25, -0.2) is 0 Å². The van der Waals surface area contributed by atoms with Gasteiger partial charge < -0.3 is 0 Å². The minimum Gasteiger partial charge on any atom is -0.198 e. The van der Waals surface area contributed by atoms with E-state index in [0.717, 1.165) is 0 Å². The lowest BCUT2D eigenvalue weighted by Gasteiger charge is -2.41. The molecule has 1 rings (SSSR count). The Morgan fingerprint density at radius 2 is 2.27 bits per heavy atom. The lowest BCUT2D eigenvalue weighted by molar-refractivity contribution is 0.274. The van der Waals surface area contributed by atoms with Gasteiger partial charge in [-0.15, -0.1) is 0 Å². The molecule has 0 aromatic carbocycles. The molecule has 0 radical (unpaired) electrons. The Morgan fingerprint density at radius 3 is 2.55 bits per heavy atom. The maximum Gasteiger partial charge on any atom is 0.0630 e. The summed E-state index contributed by atoms with van der Waals surface area (Å²) in [5.74, 6) is 0. The van der Waals surface area contributed by atoms with Crippen LogP contribution in [0, 0.1) is 16.7 Å². The van der Waals surface area contributed by atoms with Gasteiger partial charge in [-0.05, 0) is 26.7 Å². The molecule has 0 aromatic rings. The fourth-order valence-corrected chi connectivity index (χ4v) is 1.90. The maximum atomic E-state index is 8.59.